The molecular formula is C19H22N2O2. The first-order chi connectivity index (χ1) is 11.3. The van der Waals surface area contributed by atoms with Gasteiger partial charge in [0.15, 0.2) is 5.76 Å². The van der Waals surface area contributed by atoms with Crippen LogP contribution in [0.15, 0.2) is 59.2 Å². The van der Waals surface area contributed by atoms with Crippen LogP contribution in [0.2, 0.25) is 0 Å². The molecule has 4 nitrogen and oxygen atoms in total. The van der Waals surface area contributed by atoms with Gasteiger partial charge >= 0.3 is 0 Å². The Morgan fingerprint density at radius 3 is 2.52 bits per heavy atom. The van der Waals surface area contributed by atoms with Gasteiger partial charge in [-0.1, -0.05) is 42.5 Å². The van der Waals surface area contributed by atoms with Crippen molar-refractivity contribution in [2.24, 2.45) is 0 Å². The number of hydrogen-bond acceptors (Lipinski definition) is 3. The normalized spacial score (nSPS) is 16.1. The van der Waals surface area contributed by atoms with Crippen LogP contribution in [0.25, 0.3) is 6.08 Å². The molecule has 23 heavy (non-hydrogen) atoms. The molecule has 1 amide bonds. The first kappa shape index (κ1) is 15.6. The number of carbonyl (C=O) groups is 1. The van der Waals surface area contributed by atoms with Gasteiger partial charge in [0, 0.05) is 32.7 Å². The van der Waals surface area contributed by atoms with Gasteiger partial charge in [-0.3, -0.25) is 9.69 Å². The first-order valence-electron chi connectivity index (χ1n) is 8.09. The predicted octanol–water partition coefficient (Wildman–Crippen LogP) is 3.14. The van der Waals surface area contributed by atoms with Crippen molar-refractivity contribution in [2.75, 3.05) is 32.7 Å². The van der Waals surface area contributed by atoms with E-state index >= 15 is 0 Å². The Kier molecular flexibility index (Phi) is 5.27. The number of nitrogens with zero attached hydrogens (tertiary/aromatic N) is 2. The van der Waals surface area contributed by atoms with Crippen molar-refractivity contribution in [1.82, 2.24) is 9.80 Å². The molecule has 1 aromatic carbocycles. The molecule has 0 atom stereocenters. The molecule has 1 fully saturated rings. The van der Waals surface area contributed by atoms with Gasteiger partial charge < -0.3 is 9.32 Å². The summed E-state index contributed by atoms with van der Waals surface area (Å²) in [5.74, 6) is 0.433. The molecule has 1 aliphatic heterocycles. The summed E-state index contributed by atoms with van der Waals surface area (Å²) in [5.41, 5.74) is 1.24. The summed E-state index contributed by atoms with van der Waals surface area (Å²) in [6.45, 7) is 4.41. The number of piperazine rings is 1. The molecule has 0 bridgehead atoms. The lowest BCUT2D eigenvalue weighted by Gasteiger charge is -2.34. The van der Waals surface area contributed by atoms with Crippen LogP contribution in [0.3, 0.4) is 0 Å². The monoisotopic (exact) mass is 310 g/mol. The standard InChI is InChI=1S/C19H22N2O2/c22-19(18-10-6-16-23-18)21-14-12-20(13-15-21)11-5-4-9-17-7-2-1-3-8-17/h1-4,6-10,16H,5,11-15H2/b9-4+. The summed E-state index contributed by atoms with van der Waals surface area (Å²) in [6, 6.07) is 13.8. The fourth-order valence-electron chi connectivity index (χ4n) is 2.77. The Morgan fingerprint density at radius 1 is 1.04 bits per heavy atom. The fraction of sp³-hybridized carbons (Fsp3) is 0.316. The summed E-state index contributed by atoms with van der Waals surface area (Å²) < 4.78 is 5.18. The zero-order chi connectivity index (χ0) is 15.9. The quantitative estimate of drug-likeness (QED) is 0.851. The van der Waals surface area contributed by atoms with Crippen LogP contribution in [-0.2, 0) is 0 Å². The van der Waals surface area contributed by atoms with E-state index in [2.05, 4.69) is 41.3 Å². The van der Waals surface area contributed by atoms with E-state index in [1.54, 1.807) is 18.4 Å². The highest BCUT2D eigenvalue weighted by atomic mass is 16.3. The van der Waals surface area contributed by atoms with Crippen LogP contribution >= 0.6 is 0 Å². The zero-order valence-corrected chi connectivity index (χ0v) is 13.2. The number of furan rings is 1. The highest BCUT2D eigenvalue weighted by Crippen LogP contribution is 2.10. The van der Waals surface area contributed by atoms with E-state index in [4.69, 9.17) is 4.42 Å². The van der Waals surface area contributed by atoms with Gasteiger partial charge in [0.05, 0.1) is 6.26 Å². The van der Waals surface area contributed by atoms with Crippen LogP contribution < -0.4 is 0 Å². The second kappa shape index (κ2) is 7.79. The van der Waals surface area contributed by atoms with Crippen molar-refractivity contribution in [1.29, 1.82) is 0 Å². The molecular weight excluding hydrogens is 288 g/mol. The third kappa shape index (κ3) is 4.33. The second-order valence-electron chi connectivity index (χ2n) is 5.71. The summed E-state index contributed by atoms with van der Waals surface area (Å²) in [5, 5.41) is 0. The number of benzene rings is 1. The number of carbonyl (C=O) groups excluding carboxylic acids is 1. The summed E-state index contributed by atoms with van der Waals surface area (Å²) in [6.07, 6.45) is 6.95. The Labute approximate surface area is 137 Å². The van der Waals surface area contributed by atoms with E-state index in [9.17, 15) is 4.79 Å². The topological polar surface area (TPSA) is 36.7 Å². The highest BCUT2D eigenvalue weighted by molar-refractivity contribution is 5.91. The molecule has 2 aromatic rings. The largest absolute Gasteiger partial charge is 0.459 e. The Balaban J connectivity index is 1.39. The van der Waals surface area contributed by atoms with E-state index in [1.807, 2.05) is 11.0 Å². The molecule has 1 aliphatic rings. The van der Waals surface area contributed by atoms with Gasteiger partial charge in [-0.05, 0) is 24.1 Å². The number of amides is 1. The SMILES string of the molecule is O=C(c1ccco1)N1CCN(CC/C=C/c2ccccc2)CC1. The van der Waals surface area contributed by atoms with E-state index in [0.717, 1.165) is 39.1 Å². The van der Waals surface area contributed by atoms with Crippen molar-refractivity contribution in [3.8, 4) is 0 Å². The molecule has 0 spiro atoms. The van der Waals surface area contributed by atoms with E-state index in [1.165, 1.54) is 5.56 Å². The second-order valence-corrected chi connectivity index (χ2v) is 5.71. The lowest BCUT2D eigenvalue weighted by atomic mass is 10.2. The van der Waals surface area contributed by atoms with Gasteiger partial charge in [-0.25, -0.2) is 0 Å². The molecule has 0 N–H and O–H groups in total. The third-order valence-electron chi connectivity index (χ3n) is 4.11. The van der Waals surface area contributed by atoms with Crippen molar-refractivity contribution < 1.29 is 9.21 Å². The lowest BCUT2D eigenvalue weighted by Crippen LogP contribution is -2.48. The fourth-order valence-corrected chi connectivity index (χ4v) is 2.77. The maximum atomic E-state index is 12.2. The minimum Gasteiger partial charge on any atom is -0.459 e. The summed E-state index contributed by atoms with van der Waals surface area (Å²) in [4.78, 5) is 16.5. The molecule has 0 unspecified atom stereocenters. The molecule has 1 saturated heterocycles. The van der Waals surface area contributed by atoms with Gasteiger partial charge in [0.25, 0.3) is 5.91 Å². The molecule has 3 rings (SSSR count). The molecule has 0 saturated carbocycles. The Bertz CT molecular complexity index is 627. The van der Waals surface area contributed by atoms with Crippen molar-refractivity contribution in [2.45, 2.75) is 6.42 Å². The van der Waals surface area contributed by atoms with Gasteiger partial charge in [-0.2, -0.15) is 0 Å². The maximum Gasteiger partial charge on any atom is 0.289 e. The zero-order valence-electron chi connectivity index (χ0n) is 13.2. The van der Waals surface area contributed by atoms with Crippen molar-refractivity contribution >= 4 is 12.0 Å². The van der Waals surface area contributed by atoms with Crippen molar-refractivity contribution in [3.63, 3.8) is 0 Å². The minimum atomic E-state index is -0.00127. The Hall–Kier alpha value is -2.33. The average Bonchev–Trinajstić information content (AvgIpc) is 3.14. The Morgan fingerprint density at radius 2 is 1.83 bits per heavy atom. The molecule has 4 heteroatoms. The first-order valence-corrected chi connectivity index (χ1v) is 8.09. The van der Waals surface area contributed by atoms with Crippen LogP contribution in [0.1, 0.15) is 22.5 Å². The van der Waals surface area contributed by atoms with Crippen LogP contribution in [0, 0.1) is 0 Å². The summed E-state index contributed by atoms with van der Waals surface area (Å²) >= 11 is 0. The molecule has 0 radical (unpaired) electrons. The smallest absolute Gasteiger partial charge is 0.289 e. The predicted molar refractivity (Wildman–Crippen MR) is 91.1 cm³/mol. The van der Waals surface area contributed by atoms with E-state index in [-0.39, 0.29) is 5.91 Å². The van der Waals surface area contributed by atoms with Gasteiger partial charge in [0.1, 0.15) is 0 Å². The van der Waals surface area contributed by atoms with Crippen LogP contribution in [0.4, 0.5) is 0 Å². The van der Waals surface area contributed by atoms with Gasteiger partial charge in [-0.15, -0.1) is 0 Å². The van der Waals surface area contributed by atoms with Gasteiger partial charge in [0.2, 0.25) is 0 Å². The van der Waals surface area contributed by atoms with E-state index < -0.39 is 0 Å². The third-order valence-corrected chi connectivity index (χ3v) is 4.11. The molecule has 1 aromatic heterocycles. The average molecular weight is 310 g/mol. The molecule has 0 aliphatic carbocycles. The van der Waals surface area contributed by atoms with Crippen LogP contribution in [-0.4, -0.2) is 48.4 Å². The number of rotatable bonds is 5. The number of hydrogen-bond donors (Lipinski definition) is 0. The molecule has 120 valence electrons. The maximum absolute atomic E-state index is 12.2. The van der Waals surface area contributed by atoms with Crippen molar-refractivity contribution in [3.05, 3.63) is 66.1 Å². The van der Waals surface area contributed by atoms with E-state index in [0.29, 0.717) is 5.76 Å². The lowest BCUT2D eigenvalue weighted by molar-refractivity contribution is 0.0608. The molecule has 2 heterocycles. The summed E-state index contributed by atoms with van der Waals surface area (Å²) in [7, 11) is 0. The highest BCUT2D eigenvalue weighted by Gasteiger charge is 2.23. The van der Waals surface area contributed by atoms with Crippen LogP contribution in [0.5, 0.6) is 0 Å². The minimum absolute atomic E-state index is 0.00127.